The number of carbonyl (C=O) groups is 1. The van der Waals surface area contributed by atoms with Crippen LogP contribution in [-0.4, -0.2) is 5.78 Å². The second kappa shape index (κ2) is 4.67. The molecule has 0 amide bonds. The van der Waals surface area contributed by atoms with Crippen LogP contribution in [0.3, 0.4) is 0 Å². The molecule has 0 saturated carbocycles. The second-order valence-electron chi connectivity index (χ2n) is 4.49. The van der Waals surface area contributed by atoms with Crippen LogP contribution in [0.15, 0.2) is 40.8 Å². The van der Waals surface area contributed by atoms with Crippen LogP contribution >= 0.6 is 11.3 Å². The Morgan fingerprint density at radius 3 is 2.68 bits per heavy atom. The molecular weight excluding hydrogens is 256 g/mol. The van der Waals surface area contributed by atoms with Gasteiger partial charge in [0.25, 0.3) is 0 Å². The Morgan fingerprint density at radius 1 is 1.21 bits per heavy atom. The molecule has 0 saturated heterocycles. The van der Waals surface area contributed by atoms with Crippen molar-refractivity contribution in [2.24, 2.45) is 0 Å². The molecule has 0 bridgehead atoms. The van der Waals surface area contributed by atoms with E-state index >= 15 is 0 Å². The van der Waals surface area contributed by atoms with Gasteiger partial charge in [-0.3, -0.25) is 4.79 Å². The van der Waals surface area contributed by atoms with Crippen LogP contribution in [0.1, 0.15) is 32.8 Å². The molecule has 3 rings (SSSR count). The molecule has 96 valence electrons. The lowest BCUT2D eigenvalue weighted by molar-refractivity contribution is 0.104. The van der Waals surface area contributed by atoms with E-state index in [0.29, 0.717) is 0 Å². The van der Waals surface area contributed by atoms with E-state index in [9.17, 15) is 4.79 Å². The lowest BCUT2D eigenvalue weighted by atomic mass is 10.0. The number of hydrogen-bond acceptors (Lipinski definition) is 3. The Morgan fingerprint density at radius 2 is 2.00 bits per heavy atom. The Hall–Kier alpha value is -1.87. The van der Waals surface area contributed by atoms with E-state index in [4.69, 9.17) is 4.42 Å². The highest BCUT2D eigenvalue weighted by atomic mass is 32.1. The molecule has 0 N–H and O–H groups in total. The summed E-state index contributed by atoms with van der Waals surface area (Å²) in [5.41, 5.74) is 1.51. The van der Waals surface area contributed by atoms with Crippen LogP contribution in [0.4, 0.5) is 0 Å². The number of fused-ring (bicyclic) bond motifs is 1. The number of rotatable bonds is 3. The van der Waals surface area contributed by atoms with Crippen LogP contribution in [-0.2, 0) is 6.42 Å². The van der Waals surface area contributed by atoms with Gasteiger partial charge in [-0.15, -0.1) is 11.3 Å². The number of thiophene rings is 1. The summed E-state index contributed by atoms with van der Waals surface area (Å²) in [7, 11) is 0. The first-order valence-corrected chi connectivity index (χ1v) is 7.14. The summed E-state index contributed by atoms with van der Waals surface area (Å²) in [6.45, 7) is 4.02. The number of carbonyl (C=O) groups excluding carboxylic acids is 1. The quantitative estimate of drug-likeness (QED) is 0.651. The third-order valence-electron chi connectivity index (χ3n) is 3.18. The van der Waals surface area contributed by atoms with Crippen molar-refractivity contribution in [2.45, 2.75) is 20.3 Å². The molecule has 0 aliphatic carbocycles. The molecule has 0 spiro atoms. The fourth-order valence-corrected chi connectivity index (χ4v) is 3.09. The van der Waals surface area contributed by atoms with Gasteiger partial charge >= 0.3 is 0 Å². The normalized spacial score (nSPS) is 11.1. The molecule has 3 heteroatoms. The monoisotopic (exact) mass is 270 g/mol. The van der Waals surface area contributed by atoms with Gasteiger partial charge in [0.15, 0.2) is 0 Å². The Balaban J connectivity index is 2.21. The van der Waals surface area contributed by atoms with E-state index in [-0.39, 0.29) is 5.78 Å². The van der Waals surface area contributed by atoms with Crippen molar-refractivity contribution < 1.29 is 9.21 Å². The van der Waals surface area contributed by atoms with Crippen LogP contribution in [0, 0.1) is 6.92 Å². The average Bonchev–Trinajstić information content (AvgIpc) is 3.01. The van der Waals surface area contributed by atoms with Crippen molar-refractivity contribution in [3.63, 3.8) is 0 Å². The lowest BCUT2D eigenvalue weighted by Crippen LogP contribution is -2.00. The predicted octanol–water partition coefficient (Wildman–Crippen LogP) is 4.60. The van der Waals surface area contributed by atoms with Crippen LogP contribution in [0.5, 0.6) is 0 Å². The molecule has 2 heterocycles. The zero-order valence-electron chi connectivity index (χ0n) is 10.9. The summed E-state index contributed by atoms with van der Waals surface area (Å²) in [6, 6.07) is 11.6. The largest absolute Gasteiger partial charge is 0.460 e. The van der Waals surface area contributed by atoms with Crippen LogP contribution in [0.2, 0.25) is 0 Å². The summed E-state index contributed by atoms with van der Waals surface area (Å²) < 4.78 is 5.78. The van der Waals surface area contributed by atoms with E-state index in [1.807, 2.05) is 50.2 Å². The maximum Gasteiger partial charge on any atom is 0.207 e. The lowest BCUT2D eigenvalue weighted by Gasteiger charge is -1.98. The first kappa shape index (κ1) is 12.2. The van der Waals surface area contributed by atoms with Gasteiger partial charge in [0.05, 0.1) is 10.4 Å². The molecule has 0 aliphatic rings. The number of aryl methyl sites for hydroxylation is 2. The van der Waals surface area contributed by atoms with Crippen molar-refractivity contribution >= 4 is 28.1 Å². The number of benzene rings is 1. The smallest absolute Gasteiger partial charge is 0.207 e. The van der Waals surface area contributed by atoms with Crippen LogP contribution < -0.4 is 0 Å². The molecule has 19 heavy (non-hydrogen) atoms. The fraction of sp³-hybridized carbons (Fsp3) is 0.188. The van der Waals surface area contributed by atoms with E-state index in [1.165, 1.54) is 11.3 Å². The maximum absolute atomic E-state index is 12.7. The number of ketones is 1. The average molecular weight is 270 g/mol. The number of furan rings is 1. The van der Waals surface area contributed by atoms with Gasteiger partial charge in [0, 0.05) is 16.7 Å². The first-order chi connectivity index (χ1) is 9.20. The summed E-state index contributed by atoms with van der Waals surface area (Å²) >= 11 is 1.53. The third-order valence-corrected chi connectivity index (χ3v) is 4.18. The molecule has 1 aromatic carbocycles. The van der Waals surface area contributed by atoms with Gasteiger partial charge in [-0.05, 0) is 25.1 Å². The van der Waals surface area contributed by atoms with Crippen molar-refractivity contribution in [1.29, 1.82) is 0 Å². The Labute approximate surface area is 115 Å². The van der Waals surface area contributed by atoms with Gasteiger partial charge in [-0.25, -0.2) is 0 Å². The van der Waals surface area contributed by atoms with Crippen molar-refractivity contribution in [1.82, 2.24) is 0 Å². The maximum atomic E-state index is 12.7. The highest BCUT2D eigenvalue weighted by Gasteiger charge is 2.21. The van der Waals surface area contributed by atoms with Gasteiger partial charge in [0.2, 0.25) is 5.78 Å². The molecule has 0 aliphatic heterocycles. The zero-order chi connectivity index (χ0) is 13.4. The van der Waals surface area contributed by atoms with E-state index < -0.39 is 0 Å². The molecule has 2 nitrogen and oxygen atoms in total. The minimum absolute atomic E-state index is 0.0694. The first-order valence-electron chi connectivity index (χ1n) is 6.32. The molecule has 0 atom stereocenters. The SMILES string of the molecule is CCc1oc2ccccc2c1C(=O)c1ccc(C)s1. The van der Waals surface area contributed by atoms with Gasteiger partial charge in [0.1, 0.15) is 11.3 Å². The van der Waals surface area contributed by atoms with Crippen molar-refractivity contribution in [2.75, 3.05) is 0 Å². The van der Waals surface area contributed by atoms with Crippen molar-refractivity contribution in [3.05, 3.63) is 57.5 Å². The topological polar surface area (TPSA) is 30.2 Å². The molecule has 0 fully saturated rings. The Bertz CT molecular complexity index is 749. The predicted molar refractivity (Wildman–Crippen MR) is 78.1 cm³/mol. The van der Waals surface area contributed by atoms with E-state index in [2.05, 4.69) is 0 Å². The standard InChI is InChI=1S/C16H14O2S/c1-3-12-15(11-6-4-5-7-13(11)18-12)16(17)14-9-8-10(2)19-14/h4-9H,3H2,1-2H3. The van der Waals surface area contributed by atoms with Crippen LogP contribution in [0.25, 0.3) is 11.0 Å². The zero-order valence-corrected chi connectivity index (χ0v) is 11.7. The fourth-order valence-electron chi connectivity index (χ4n) is 2.27. The van der Waals surface area contributed by atoms with Gasteiger partial charge in [-0.1, -0.05) is 25.1 Å². The second-order valence-corrected chi connectivity index (χ2v) is 5.78. The molecular formula is C16H14O2S. The summed E-state index contributed by atoms with van der Waals surface area (Å²) in [4.78, 5) is 14.6. The molecule has 2 aromatic heterocycles. The van der Waals surface area contributed by atoms with Crippen molar-refractivity contribution in [3.8, 4) is 0 Å². The molecule has 3 aromatic rings. The van der Waals surface area contributed by atoms with Gasteiger partial charge < -0.3 is 4.42 Å². The number of para-hydroxylation sites is 1. The summed E-state index contributed by atoms with van der Waals surface area (Å²) in [5.74, 6) is 0.845. The molecule has 0 unspecified atom stereocenters. The van der Waals surface area contributed by atoms with E-state index in [0.717, 1.165) is 38.5 Å². The number of hydrogen-bond donors (Lipinski definition) is 0. The minimum Gasteiger partial charge on any atom is -0.460 e. The van der Waals surface area contributed by atoms with Gasteiger partial charge in [-0.2, -0.15) is 0 Å². The highest BCUT2D eigenvalue weighted by molar-refractivity contribution is 7.14. The summed E-state index contributed by atoms with van der Waals surface area (Å²) in [6.07, 6.45) is 0.722. The highest BCUT2D eigenvalue weighted by Crippen LogP contribution is 2.30. The third kappa shape index (κ3) is 2.00. The molecule has 0 radical (unpaired) electrons. The minimum atomic E-state index is 0.0694. The Kier molecular flexibility index (Phi) is 2.99. The van der Waals surface area contributed by atoms with E-state index in [1.54, 1.807) is 0 Å². The summed E-state index contributed by atoms with van der Waals surface area (Å²) in [5, 5.41) is 0.912.